The fraction of sp³-hybridized carbons (Fsp3) is 0.0615. The average molecular weight is 836 g/mol. The summed E-state index contributed by atoms with van der Waals surface area (Å²) >= 11 is 0. The second-order valence-electron chi connectivity index (χ2n) is 24.6. The minimum Gasteiger partial charge on any atom is -0.379 e. The van der Waals surface area contributed by atoms with Crippen molar-refractivity contribution in [3.8, 4) is 0 Å². The Morgan fingerprint density at radius 2 is 0.471 bits per heavy atom. The molecule has 0 spiro atoms. The molecule has 28 aromatic rings. The van der Waals surface area contributed by atoms with Crippen LogP contribution in [0, 0.1) is 0 Å². The van der Waals surface area contributed by atoms with E-state index >= 15 is 9.90 Å². The highest BCUT2D eigenvalue weighted by atomic mass is 16.3. The Bertz CT molecular complexity index is 6920. The van der Waals surface area contributed by atoms with Gasteiger partial charge in [-0.1, -0.05) is 6.08 Å². The van der Waals surface area contributed by atoms with E-state index in [-0.39, 0.29) is 12.3 Å². The van der Waals surface area contributed by atoms with Gasteiger partial charge >= 0.3 is 0 Å². The molecule has 0 radical (unpaired) electrons. The second kappa shape index (κ2) is 5.71. The summed E-state index contributed by atoms with van der Waals surface area (Å²) in [5.41, 5.74) is 2.42. The van der Waals surface area contributed by atoms with Crippen molar-refractivity contribution in [2.45, 2.75) is 17.4 Å². The highest BCUT2D eigenvalue weighted by Crippen LogP contribution is 2.84. The summed E-state index contributed by atoms with van der Waals surface area (Å²) in [5, 5.41) is 100.0. The lowest BCUT2D eigenvalue weighted by Gasteiger charge is -2.51. The normalized spacial score (nSPS) is 22.0. The van der Waals surface area contributed by atoms with E-state index in [1.54, 1.807) is 97.0 Å². The zero-order valence-electron chi connectivity index (χ0n) is 34.6. The first-order chi connectivity index (χ1) is 33.7. The summed E-state index contributed by atoms with van der Waals surface area (Å²) in [6, 6.07) is 0. The number of carbonyl (C=O) groups is 1. The Hall–Kier alpha value is -8.37. The molecule has 28 aromatic carbocycles. The summed E-state index contributed by atoms with van der Waals surface area (Å²) in [5.74, 6) is 0.0100. The van der Waals surface area contributed by atoms with E-state index in [1.165, 1.54) is 205 Å². The van der Waals surface area contributed by atoms with Crippen LogP contribution in [-0.4, -0.2) is 17.6 Å². The van der Waals surface area contributed by atoms with E-state index in [0.29, 0.717) is 6.54 Å². The molecule has 286 valence electrons. The number of aliphatic hydroxyl groups is 1. The SMILES string of the molecule is C=CCNC(=O)CC12c3c4c5c6c7c8c(c9c%10c1c1c3c3c%11c4c4c5c5c7c7c%12c8c8c9c9c%10c%10c1c1c3c3c%11c%11c4c4c5c7c5c7c%12c8c8c9c9c%10c1c1c3c3c%11c4c5c4c7c8c9c1c34)C62O. The molecule has 4 aliphatic rings. The average Bonchev–Trinajstić information content (AvgIpc) is 4.20. The molecule has 1 amide bonds. The zero-order chi connectivity index (χ0) is 40.9. The van der Waals surface area contributed by atoms with Crippen molar-refractivity contribution >= 4 is 297 Å². The van der Waals surface area contributed by atoms with Crippen LogP contribution in [0.25, 0.3) is 291 Å². The Morgan fingerprint density at radius 1 is 0.309 bits per heavy atom. The van der Waals surface area contributed by atoms with Gasteiger partial charge in [-0.05, 0) is 302 Å². The van der Waals surface area contributed by atoms with Gasteiger partial charge in [-0.2, -0.15) is 0 Å². The fourth-order valence-corrected chi connectivity index (χ4v) is 24.2. The molecule has 3 nitrogen and oxygen atoms in total. The summed E-state index contributed by atoms with van der Waals surface area (Å²) in [4.78, 5) is 15.4. The molecule has 0 aliphatic heterocycles. The molecule has 0 saturated carbocycles. The van der Waals surface area contributed by atoms with Gasteiger partial charge in [0.15, 0.2) is 0 Å². The number of amides is 1. The Labute approximate surface area is 369 Å². The van der Waals surface area contributed by atoms with E-state index in [2.05, 4.69) is 11.9 Å². The molecule has 68 heavy (non-hydrogen) atoms. The molecule has 0 aromatic heterocycles. The van der Waals surface area contributed by atoms with Crippen LogP contribution in [0.4, 0.5) is 0 Å². The number of hydrogen-bond acceptors (Lipinski definition) is 2. The molecular formula is C65H9NO2. The van der Waals surface area contributed by atoms with Crippen LogP contribution in [0.15, 0.2) is 12.7 Å². The molecule has 0 fully saturated rings. The predicted octanol–water partition coefficient (Wildman–Crippen LogP) is 15.9. The van der Waals surface area contributed by atoms with Gasteiger partial charge in [0.25, 0.3) is 0 Å². The van der Waals surface area contributed by atoms with Crippen LogP contribution >= 0.6 is 0 Å². The first kappa shape index (κ1) is 25.5. The molecule has 0 unspecified atom stereocenters. The first-order valence-electron chi connectivity index (χ1n) is 25.1. The van der Waals surface area contributed by atoms with Crippen molar-refractivity contribution in [1.82, 2.24) is 5.32 Å². The molecule has 0 saturated heterocycles. The van der Waals surface area contributed by atoms with Crippen molar-refractivity contribution in [2.75, 3.05) is 6.54 Å². The van der Waals surface area contributed by atoms with Crippen LogP contribution < -0.4 is 5.32 Å². The third-order valence-electron chi connectivity index (χ3n) is 24.3. The van der Waals surface area contributed by atoms with E-state index in [9.17, 15) is 0 Å². The minimum absolute atomic E-state index is 0.0100. The molecular weight excluding hydrogens is 827 g/mol. The molecule has 32 rings (SSSR count). The van der Waals surface area contributed by atoms with Crippen molar-refractivity contribution in [3.63, 3.8) is 0 Å². The van der Waals surface area contributed by atoms with Gasteiger partial charge in [0.05, 0.1) is 5.41 Å². The molecule has 2 N–H and O–H groups in total. The van der Waals surface area contributed by atoms with Crippen molar-refractivity contribution in [3.05, 3.63) is 34.9 Å². The lowest BCUT2D eigenvalue weighted by atomic mass is 9.53. The third-order valence-corrected chi connectivity index (χ3v) is 24.3. The summed E-state index contributed by atoms with van der Waals surface area (Å²) in [6.07, 6.45) is 2.02. The van der Waals surface area contributed by atoms with Crippen molar-refractivity contribution in [1.29, 1.82) is 0 Å². The molecule has 0 bridgehead atoms. The standard InChI is InChI=1S/C65H9NO2/c1-2-3-66-5(67)4-64-60-52-44-34-24-16-8-6-7-10-14-12(8)20-28-22(14)32-26-18(10)19-11(7)15-13-9(6)17(16)25-31-21(13)29-23(15)33-27(19)37-36(26)48-42(32)50-40(28)46(38(44)30(20)24)54(60)56(50)62-58(48)59-49(37)43(33)51-41(29)47-39(31)45(35(25)34)53(52)61(64)55(47)57(51)63(59)65(62,64)68/h2,68H,1,3-4H2,(H,66,67). The van der Waals surface area contributed by atoms with Crippen LogP contribution in [0.5, 0.6) is 0 Å². The van der Waals surface area contributed by atoms with Gasteiger partial charge in [-0.3, -0.25) is 4.79 Å². The first-order valence-corrected chi connectivity index (χ1v) is 25.1. The predicted molar refractivity (Wildman–Crippen MR) is 284 cm³/mol. The maximum absolute atomic E-state index is 15.8. The zero-order valence-corrected chi connectivity index (χ0v) is 34.6. The van der Waals surface area contributed by atoms with Crippen molar-refractivity contribution in [2.24, 2.45) is 0 Å². The molecule has 3 heteroatoms. The number of hydrogen-bond donors (Lipinski definition) is 2. The second-order valence-corrected chi connectivity index (χ2v) is 24.6. The van der Waals surface area contributed by atoms with E-state index in [4.69, 9.17) is 0 Å². The Kier molecular flexibility index (Phi) is 2.14. The number of nitrogens with one attached hydrogen (secondary N) is 1. The molecule has 4 aliphatic carbocycles. The van der Waals surface area contributed by atoms with Gasteiger partial charge in [0, 0.05) is 24.1 Å². The Balaban J connectivity index is 1.21. The van der Waals surface area contributed by atoms with Gasteiger partial charge in [0.1, 0.15) is 5.60 Å². The Morgan fingerprint density at radius 3 is 0.647 bits per heavy atom. The third kappa shape index (κ3) is 1.32. The highest BCUT2D eigenvalue weighted by Gasteiger charge is 2.70. The summed E-state index contributed by atoms with van der Waals surface area (Å²) < 4.78 is 0. The number of carbonyl (C=O) groups excluding carboxylic acids is 1. The largest absolute Gasteiger partial charge is 0.379 e. The van der Waals surface area contributed by atoms with Crippen LogP contribution in [0.3, 0.4) is 0 Å². The number of benzene rings is 18. The lowest BCUT2D eigenvalue weighted by Crippen LogP contribution is -2.54. The summed E-state index contributed by atoms with van der Waals surface area (Å²) in [6.45, 7) is 4.47. The number of rotatable bonds is 4. The maximum Gasteiger partial charge on any atom is 0.221 e. The lowest BCUT2D eigenvalue weighted by molar-refractivity contribution is -0.124. The fourth-order valence-electron chi connectivity index (χ4n) is 24.2. The van der Waals surface area contributed by atoms with Crippen molar-refractivity contribution < 1.29 is 9.90 Å². The minimum atomic E-state index is -1.45. The van der Waals surface area contributed by atoms with E-state index < -0.39 is 11.0 Å². The maximum atomic E-state index is 15.8. The van der Waals surface area contributed by atoms with Gasteiger partial charge in [-0.15, -0.1) is 6.58 Å². The highest BCUT2D eigenvalue weighted by molar-refractivity contribution is 6.82. The topological polar surface area (TPSA) is 49.3 Å². The van der Waals surface area contributed by atoms with Crippen LogP contribution in [0.1, 0.15) is 28.7 Å². The van der Waals surface area contributed by atoms with Crippen LogP contribution in [-0.2, 0) is 15.8 Å². The summed E-state index contributed by atoms with van der Waals surface area (Å²) in [7, 11) is 0. The van der Waals surface area contributed by atoms with Crippen LogP contribution in [0.2, 0.25) is 0 Å². The molecule has 0 heterocycles. The monoisotopic (exact) mass is 835 g/mol. The molecule has 0 atom stereocenters. The van der Waals surface area contributed by atoms with E-state index in [0.717, 1.165) is 11.1 Å². The van der Waals surface area contributed by atoms with Gasteiger partial charge in [0.2, 0.25) is 5.91 Å². The van der Waals surface area contributed by atoms with Gasteiger partial charge < -0.3 is 10.4 Å². The smallest absolute Gasteiger partial charge is 0.221 e. The quantitative estimate of drug-likeness (QED) is 0.137. The van der Waals surface area contributed by atoms with E-state index in [1.807, 2.05) is 6.08 Å². The van der Waals surface area contributed by atoms with Gasteiger partial charge in [-0.25, -0.2) is 0 Å².